The maximum absolute atomic E-state index is 6.32. The number of hydrogen-bond donors (Lipinski definition) is 0. The molecule has 228 valence electrons. The Morgan fingerprint density at radius 3 is 1.35 bits per heavy atom. The van der Waals surface area contributed by atoms with Crippen LogP contribution in [-0.2, 0) is 0 Å². The fourth-order valence-corrected chi connectivity index (χ4v) is 11.5. The molecule has 0 fully saturated rings. The highest BCUT2D eigenvalue weighted by Gasteiger charge is 2.39. The van der Waals surface area contributed by atoms with Crippen LogP contribution in [0, 0.1) is 11.5 Å². The summed E-state index contributed by atoms with van der Waals surface area (Å²) in [7, 11) is -3.08. The second-order valence-electron chi connectivity index (χ2n) is 12.7. The molecule has 2 aromatic heterocycles. The summed E-state index contributed by atoms with van der Waals surface area (Å²) in [6, 6.07) is 60.4. The summed E-state index contributed by atoms with van der Waals surface area (Å²) < 4.78 is 12.6. The van der Waals surface area contributed by atoms with Gasteiger partial charge in [-0.15, -0.1) is 5.54 Å². The number of para-hydroxylation sites is 2. The van der Waals surface area contributed by atoms with Crippen molar-refractivity contribution in [2.75, 3.05) is 0 Å². The lowest BCUT2D eigenvalue weighted by Crippen LogP contribution is -2.66. The van der Waals surface area contributed by atoms with Gasteiger partial charge < -0.3 is 8.83 Å². The van der Waals surface area contributed by atoms with Gasteiger partial charge in [0.2, 0.25) is 8.07 Å². The quantitative estimate of drug-likeness (QED) is 0.0832. The summed E-state index contributed by atoms with van der Waals surface area (Å²) in [4.78, 5) is 0. The van der Waals surface area contributed by atoms with E-state index in [9.17, 15) is 0 Å². The van der Waals surface area contributed by atoms with Gasteiger partial charge >= 0.3 is 0 Å². The van der Waals surface area contributed by atoms with Crippen molar-refractivity contribution in [2.45, 2.75) is 0 Å². The molecular weight excluding hydrogens is 613 g/mol. The zero-order valence-corrected chi connectivity index (χ0v) is 27.5. The van der Waals surface area contributed by atoms with Gasteiger partial charge in [-0.25, -0.2) is 0 Å². The number of benzene rings is 8. The second kappa shape index (κ2) is 10.9. The summed E-state index contributed by atoms with van der Waals surface area (Å²) in [5.41, 5.74) is 8.72. The number of fused-ring (bicyclic) bond motifs is 8. The number of rotatable bonds is 3. The summed E-state index contributed by atoms with van der Waals surface area (Å²) in [5, 5.41) is 12.8. The molecule has 0 radical (unpaired) electrons. The van der Waals surface area contributed by atoms with Crippen molar-refractivity contribution in [3.8, 4) is 11.5 Å². The molecule has 0 aliphatic rings. The van der Waals surface area contributed by atoms with Crippen molar-refractivity contribution >= 4 is 89.1 Å². The third kappa shape index (κ3) is 4.28. The van der Waals surface area contributed by atoms with Crippen LogP contribution in [0.3, 0.4) is 0 Å². The average molecular weight is 641 g/mol. The van der Waals surface area contributed by atoms with Gasteiger partial charge in [0.05, 0.1) is 0 Å². The Kier molecular flexibility index (Phi) is 6.14. The Morgan fingerprint density at radius 2 is 0.796 bits per heavy atom. The molecule has 0 amide bonds. The van der Waals surface area contributed by atoms with E-state index in [2.05, 4.69) is 157 Å². The topological polar surface area (TPSA) is 26.3 Å². The molecule has 0 spiro atoms. The highest BCUT2D eigenvalue weighted by molar-refractivity contribution is 7.17. The second-order valence-corrected chi connectivity index (χ2v) is 16.2. The van der Waals surface area contributed by atoms with Crippen LogP contribution in [0.1, 0.15) is 5.56 Å². The molecule has 2 heterocycles. The standard InChI is InChI=1S/C46H28O2Si/c1-2-14-33(15-3-1)49(34-22-24-45-41(29-34)39-18-8-10-20-43(39)47-45,35-23-25-46-42(30-35)40-19-9-11-21-44(40)48-46)27-26-38-36-16-6-4-12-31(36)28-32-13-5-7-17-37(32)38/h1-25,28-30H. The molecule has 8 aromatic carbocycles. The summed E-state index contributed by atoms with van der Waals surface area (Å²) in [5.74, 6) is 3.89. The van der Waals surface area contributed by atoms with Crippen LogP contribution in [-0.4, -0.2) is 8.07 Å². The van der Waals surface area contributed by atoms with E-state index in [0.29, 0.717) is 0 Å². The summed E-state index contributed by atoms with van der Waals surface area (Å²) in [6.45, 7) is 0. The Bertz CT molecular complexity index is 2790. The largest absolute Gasteiger partial charge is 0.456 e. The Hall–Kier alpha value is -6.34. The molecule has 2 nitrogen and oxygen atoms in total. The number of hydrogen-bond acceptors (Lipinski definition) is 2. The molecule has 0 aliphatic heterocycles. The van der Waals surface area contributed by atoms with Crippen LogP contribution in [0.2, 0.25) is 0 Å². The van der Waals surface area contributed by atoms with Crippen LogP contribution in [0.5, 0.6) is 0 Å². The van der Waals surface area contributed by atoms with E-state index >= 15 is 0 Å². The molecule has 49 heavy (non-hydrogen) atoms. The molecule has 3 heteroatoms. The van der Waals surface area contributed by atoms with Gasteiger partial charge in [0.1, 0.15) is 22.3 Å². The zero-order chi connectivity index (χ0) is 32.4. The summed E-state index contributed by atoms with van der Waals surface area (Å²) in [6.07, 6.45) is 0. The van der Waals surface area contributed by atoms with Crippen molar-refractivity contribution in [2.24, 2.45) is 0 Å². The molecule has 0 aliphatic carbocycles. The van der Waals surface area contributed by atoms with Crippen LogP contribution in [0.25, 0.3) is 65.4 Å². The summed E-state index contributed by atoms with van der Waals surface area (Å²) >= 11 is 0. The van der Waals surface area contributed by atoms with E-state index < -0.39 is 8.07 Å². The van der Waals surface area contributed by atoms with Gasteiger partial charge in [-0.05, 0) is 79.6 Å². The van der Waals surface area contributed by atoms with Crippen molar-refractivity contribution in [3.63, 3.8) is 0 Å². The fourth-order valence-electron chi connectivity index (χ4n) is 7.63. The smallest absolute Gasteiger partial charge is 0.230 e. The Balaban J connectivity index is 1.35. The van der Waals surface area contributed by atoms with Crippen molar-refractivity contribution in [1.82, 2.24) is 0 Å². The highest BCUT2D eigenvalue weighted by Crippen LogP contribution is 2.31. The Morgan fingerprint density at radius 1 is 0.347 bits per heavy atom. The SMILES string of the molecule is C(#C[Si](c1ccccc1)(c1ccc2oc3ccccc3c2c1)c1ccc2oc3ccccc3c2c1)c1c2ccccc2cc2ccccc12. The van der Waals surface area contributed by atoms with E-state index in [-0.39, 0.29) is 0 Å². The lowest BCUT2D eigenvalue weighted by atomic mass is 9.97. The molecule has 0 atom stereocenters. The molecule has 0 unspecified atom stereocenters. The normalized spacial score (nSPS) is 11.9. The van der Waals surface area contributed by atoms with Gasteiger partial charge in [-0.2, -0.15) is 0 Å². The highest BCUT2D eigenvalue weighted by atomic mass is 28.3. The van der Waals surface area contributed by atoms with Gasteiger partial charge in [0.15, 0.2) is 0 Å². The van der Waals surface area contributed by atoms with E-state index in [1.54, 1.807) is 0 Å². The molecule has 0 saturated carbocycles. The first-order valence-electron chi connectivity index (χ1n) is 16.6. The predicted molar refractivity (Wildman–Crippen MR) is 207 cm³/mol. The number of furan rings is 2. The van der Waals surface area contributed by atoms with Crippen LogP contribution >= 0.6 is 0 Å². The third-order valence-corrected chi connectivity index (χ3v) is 14.0. The van der Waals surface area contributed by atoms with E-state index in [0.717, 1.165) is 60.2 Å². The zero-order valence-electron chi connectivity index (χ0n) is 26.5. The van der Waals surface area contributed by atoms with Gasteiger partial charge in [0, 0.05) is 27.1 Å². The van der Waals surface area contributed by atoms with Crippen LogP contribution < -0.4 is 15.6 Å². The minimum Gasteiger partial charge on any atom is -0.456 e. The minimum absolute atomic E-state index is 0.880. The van der Waals surface area contributed by atoms with E-state index in [4.69, 9.17) is 8.83 Å². The van der Waals surface area contributed by atoms with Crippen LogP contribution in [0.15, 0.2) is 179 Å². The molecule has 0 N–H and O–H groups in total. The monoisotopic (exact) mass is 640 g/mol. The first-order chi connectivity index (χ1) is 24.3. The predicted octanol–water partition coefficient (Wildman–Crippen LogP) is 9.85. The first-order valence-corrected chi connectivity index (χ1v) is 18.6. The lowest BCUT2D eigenvalue weighted by Gasteiger charge is -2.28. The van der Waals surface area contributed by atoms with Gasteiger partial charge in [-0.3, -0.25) is 0 Å². The van der Waals surface area contributed by atoms with Crippen molar-refractivity contribution in [3.05, 3.63) is 175 Å². The Labute approximate surface area is 283 Å². The van der Waals surface area contributed by atoms with E-state index in [1.165, 1.54) is 26.3 Å². The maximum Gasteiger partial charge on any atom is 0.230 e. The van der Waals surface area contributed by atoms with Gasteiger partial charge in [0.25, 0.3) is 0 Å². The maximum atomic E-state index is 6.32. The van der Waals surface area contributed by atoms with E-state index in [1.807, 2.05) is 24.3 Å². The van der Waals surface area contributed by atoms with Gasteiger partial charge in [-0.1, -0.05) is 133 Å². The van der Waals surface area contributed by atoms with Crippen LogP contribution in [0.4, 0.5) is 0 Å². The first kappa shape index (κ1) is 27.7. The fraction of sp³-hybridized carbons (Fsp3) is 0. The molecule has 0 saturated heterocycles. The molecule has 0 bridgehead atoms. The minimum atomic E-state index is -3.08. The average Bonchev–Trinajstić information content (AvgIpc) is 3.73. The molecule has 10 aromatic rings. The molecular formula is C46H28O2Si. The third-order valence-electron chi connectivity index (χ3n) is 9.97. The molecule has 10 rings (SSSR count). The van der Waals surface area contributed by atoms with Crippen molar-refractivity contribution in [1.29, 1.82) is 0 Å². The van der Waals surface area contributed by atoms with Crippen molar-refractivity contribution < 1.29 is 8.83 Å². The lowest BCUT2D eigenvalue weighted by molar-refractivity contribution is 0.668.